The van der Waals surface area contributed by atoms with Gasteiger partial charge in [-0.1, -0.05) is 42.0 Å². The normalized spacial score (nSPS) is 28.5. The molecule has 0 bridgehead atoms. The molecule has 0 saturated heterocycles. The van der Waals surface area contributed by atoms with Gasteiger partial charge in [0.05, 0.1) is 12.2 Å². The third-order valence-electron chi connectivity index (χ3n) is 6.09. The van der Waals surface area contributed by atoms with Gasteiger partial charge in [-0.05, 0) is 49.5 Å². The summed E-state index contributed by atoms with van der Waals surface area (Å²) in [6.07, 6.45) is 6.60. The second-order valence-corrected chi connectivity index (χ2v) is 8.09. The van der Waals surface area contributed by atoms with Crippen LogP contribution >= 0.6 is 0 Å². The van der Waals surface area contributed by atoms with E-state index in [4.69, 9.17) is 0 Å². The Balaban J connectivity index is 1.53. The van der Waals surface area contributed by atoms with Crippen molar-refractivity contribution >= 4 is 5.91 Å². The molecule has 0 spiro atoms. The third-order valence-corrected chi connectivity index (χ3v) is 6.09. The molecule has 2 aliphatic carbocycles. The van der Waals surface area contributed by atoms with Crippen molar-refractivity contribution in [3.05, 3.63) is 47.5 Å². The number of aliphatic hydroxyl groups excluding tert-OH is 2. The highest BCUT2D eigenvalue weighted by Crippen LogP contribution is 2.51. The van der Waals surface area contributed by atoms with Crippen LogP contribution in [0, 0.1) is 17.8 Å². The second kappa shape index (κ2) is 8.36. The first-order chi connectivity index (χ1) is 12.5. The predicted octanol–water partition coefficient (Wildman–Crippen LogP) is 3.31. The Morgan fingerprint density at radius 3 is 2.65 bits per heavy atom. The molecule has 5 atom stereocenters. The standard InChI is InChI=1S/C22H31NO3/c1-23(2)20(25)11-7-6-8-15-12-17-14-19(24)21(18(17)13-15)22(26)16-9-4-3-5-10-16/h3-5,9-10,12,17-19,21-22,24,26H,6-8,11,13-14H2,1-2H3/t17-,18-,19+,21+,22-/m0/s1. The fourth-order valence-electron chi connectivity index (χ4n) is 4.69. The molecular formula is C22H31NO3. The maximum Gasteiger partial charge on any atom is 0.222 e. The zero-order valence-corrected chi connectivity index (χ0v) is 15.8. The molecule has 0 aromatic heterocycles. The molecule has 1 aromatic carbocycles. The van der Waals surface area contributed by atoms with E-state index in [1.54, 1.807) is 19.0 Å². The fraction of sp³-hybridized carbons (Fsp3) is 0.591. The van der Waals surface area contributed by atoms with Gasteiger partial charge in [0.25, 0.3) is 0 Å². The number of fused-ring (bicyclic) bond motifs is 1. The summed E-state index contributed by atoms with van der Waals surface area (Å²) >= 11 is 0. The lowest BCUT2D eigenvalue weighted by Gasteiger charge is -2.27. The van der Waals surface area contributed by atoms with Crippen molar-refractivity contribution in [1.82, 2.24) is 4.90 Å². The van der Waals surface area contributed by atoms with Gasteiger partial charge in [-0.15, -0.1) is 0 Å². The van der Waals surface area contributed by atoms with Gasteiger partial charge in [0, 0.05) is 26.4 Å². The number of hydrogen-bond donors (Lipinski definition) is 2. The summed E-state index contributed by atoms with van der Waals surface area (Å²) in [5.74, 6) is 0.813. The van der Waals surface area contributed by atoms with Crippen LogP contribution in [0.5, 0.6) is 0 Å². The first kappa shape index (κ1) is 19.1. The molecule has 0 aliphatic heterocycles. The summed E-state index contributed by atoms with van der Waals surface area (Å²) in [6.45, 7) is 0. The van der Waals surface area contributed by atoms with Crippen molar-refractivity contribution in [3.63, 3.8) is 0 Å². The average Bonchev–Trinajstić information content (AvgIpc) is 3.14. The highest BCUT2D eigenvalue weighted by molar-refractivity contribution is 5.75. The summed E-state index contributed by atoms with van der Waals surface area (Å²) in [4.78, 5) is 13.3. The quantitative estimate of drug-likeness (QED) is 0.581. The van der Waals surface area contributed by atoms with E-state index in [-0.39, 0.29) is 11.8 Å². The van der Waals surface area contributed by atoms with Gasteiger partial charge in [-0.2, -0.15) is 0 Å². The first-order valence-corrected chi connectivity index (χ1v) is 9.78. The number of aliphatic hydroxyl groups is 2. The Morgan fingerprint density at radius 1 is 1.23 bits per heavy atom. The Kier molecular flexibility index (Phi) is 6.15. The van der Waals surface area contributed by atoms with Crippen molar-refractivity contribution in [2.75, 3.05) is 14.1 Å². The molecule has 0 radical (unpaired) electrons. The van der Waals surface area contributed by atoms with Gasteiger partial charge in [-0.3, -0.25) is 4.79 Å². The molecule has 142 valence electrons. The van der Waals surface area contributed by atoms with Gasteiger partial charge in [0.1, 0.15) is 0 Å². The van der Waals surface area contributed by atoms with E-state index in [0.717, 1.165) is 37.7 Å². The molecule has 1 amide bonds. The maximum atomic E-state index is 11.6. The summed E-state index contributed by atoms with van der Waals surface area (Å²) in [5, 5.41) is 21.3. The number of benzene rings is 1. The molecule has 4 nitrogen and oxygen atoms in total. The van der Waals surface area contributed by atoms with Crippen LogP contribution in [0.4, 0.5) is 0 Å². The summed E-state index contributed by atoms with van der Waals surface area (Å²) in [7, 11) is 3.60. The van der Waals surface area contributed by atoms with Crippen LogP contribution in [-0.4, -0.2) is 41.2 Å². The number of rotatable bonds is 7. The molecule has 1 saturated carbocycles. The van der Waals surface area contributed by atoms with Gasteiger partial charge >= 0.3 is 0 Å². The Labute approximate surface area is 156 Å². The molecule has 1 aromatic rings. The van der Waals surface area contributed by atoms with Crippen LogP contribution in [-0.2, 0) is 4.79 Å². The molecule has 26 heavy (non-hydrogen) atoms. The van der Waals surface area contributed by atoms with E-state index in [1.807, 2.05) is 30.3 Å². The third kappa shape index (κ3) is 4.18. The lowest BCUT2D eigenvalue weighted by Crippen LogP contribution is -2.26. The molecule has 1 fully saturated rings. The van der Waals surface area contributed by atoms with Crippen molar-refractivity contribution in [1.29, 1.82) is 0 Å². The van der Waals surface area contributed by atoms with E-state index < -0.39 is 12.2 Å². The van der Waals surface area contributed by atoms with Gasteiger partial charge in [0.2, 0.25) is 5.91 Å². The Morgan fingerprint density at radius 2 is 1.96 bits per heavy atom. The molecule has 3 rings (SSSR count). The number of carbonyl (C=O) groups is 1. The van der Waals surface area contributed by atoms with Gasteiger partial charge < -0.3 is 15.1 Å². The van der Waals surface area contributed by atoms with Crippen LogP contribution in [0.25, 0.3) is 0 Å². The topological polar surface area (TPSA) is 60.8 Å². The zero-order valence-electron chi connectivity index (χ0n) is 15.8. The first-order valence-electron chi connectivity index (χ1n) is 9.78. The Bertz CT molecular complexity index is 640. The van der Waals surface area contributed by atoms with E-state index >= 15 is 0 Å². The van der Waals surface area contributed by atoms with Gasteiger partial charge in [0.15, 0.2) is 0 Å². The number of unbranched alkanes of at least 4 members (excludes halogenated alkanes) is 1. The number of carbonyl (C=O) groups excluding carboxylic acids is 1. The van der Waals surface area contributed by atoms with Crippen LogP contribution in [0.1, 0.15) is 50.2 Å². The van der Waals surface area contributed by atoms with Crippen molar-refractivity contribution < 1.29 is 15.0 Å². The van der Waals surface area contributed by atoms with Crippen molar-refractivity contribution in [2.45, 2.75) is 50.7 Å². The number of amides is 1. The van der Waals surface area contributed by atoms with Crippen LogP contribution in [0.15, 0.2) is 42.0 Å². The van der Waals surface area contributed by atoms with Gasteiger partial charge in [-0.25, -0.2) is 0 Å². The highest BCUT2D eigenvalue weighted by Gasteiger charge is 2.47. The van der Waals surface area contributed by atoms with E-state index in [9.17, 15) is 15.0 Å². The smallest absolute Gasteiger partial charge is 0.222 e. The Hall–Kier alpha value is -1.65. The van der Waals surface area contributed by atoms with E-state index in [0.29, 0.717) is 18.3 Å². The molecular weight excluding hydrogens is 326 g/mol. The summed E-state index contributed by atoms with van der Waals surface area (Å²) in [5.41, 5.74) is 2.34. The predicted molar refractivity (Wildman–Crippen MR) is 102 cm³/mol. The second-order valence-electron chi connectivity index (χ2n) is 8.09. The highest BCUT2D eigenvalue weighted by atomic mass is 16.3. The van der Waals surface area contributed by atoms with Crippen LogP contribution in [0.2, 0.25) is 0 Å². The monoisotopic (exact) mass is 357 g/mol. The van der Waals surface area contributed by atoms with Crippen LogP contribution in [0.3, 0.4) is 0 Å². The average molecular weight is 357 g/mol. The molecule has 2 N–H and O–H groups in total. The lowest BCUT2D eigenvalue weighted by atomic mass is 9.82. The largest absolute Gasteiger partial charge is 0.393 e. The number of hydrogen-bond acceptors (Lipinski definition) is 3. The summed E-state index contributed by atoms with van der Waals surface area (Å²) < 4.78 is 0. The van der Waals surface area contributed by atoms with E-state index in [2.05, 4.69) is 6.08 Å². The molecule has 2 aliphatic rings. The van der Waals surface area contributed by atoms with Crippen molar-refractivity contribution in [2.24, 2.45) is 17.8 Å². The van der Waals surface area contributed by atoms with Crippen molar-refractivity contribution in [3.8, 4) is 0 Å². The zero-order chi connectivity index (χ0) is 18.7. The number of nitrogens with zero attached hydrogens (tertiary/aromatic N) is 1. The van der Waals surface area contributed by atoms with Crippen LogP contribution < -0.4 is 0 Å². The minimum absolute atomic E-state index is 0.0912. The molecule has 0 unspecified atom stereocenters. The number of allylic oxidation sites excluding steroid dienone is 2. The maximum absolute atomic E-state index is 11.6. The summed E-state index contributed by atoms with van der Waals surface area (Å²) in [6, 6.07) is 9.70. The lowest BCUT2D eigenvalue weighted by molar-refractivity contribution is -0.128. The minimum Gasteiger partial charge on any atom is -0.393 e. The fourth-order valence-corrected chi connectivity index (χ4v) is 4.69. The SMILES string of the molecule is CN(C)C(=O)CCCCC1=C[C@H]2C[C@@H](O)[C@H]([C@@H](O)c3ccccc3)[C@H]2C1. The minimum atomic E-state index is -0.605. The molecule has 4 heteroatoms. The van der Waals surface area contributed by atoms with E-state index in [1.165, 1.54) is 5.57 Å². The molecule has 0 heterocycles.